The van der Waals surface area contributed by atoms with E-state index in [2.05, 4.69) is 9.97 Å². The monoisotopic (exact) mass is 416 g/mol. The number of para-hydroxylation sites is 1. The molecule has 158 valence electrons. The van der Waals surface area contributed by atoms with Crippen molar-refractivity contribution < 1.29 is 14.2 Å². The molecule has 4 aromatic rings. The van der Waals surface area contributed by atoms with Crippen molar-refractivity contribution in [3.63, 3.8) is 0 Å². The van der Waals surface area contributed by atoms with Crippen LogP contribution in [0.5, 0.6) is 17.2 Å². The summed E-state index contributed by atoms with van der Waals surface area (Å²) < 4.78 is 17.3. The first-order valence-corrected chi connectivity index (χ1v) is 10.3. The molecular weight excluding hydrogens is 392 g/mol. The molecule has 0 spiro atoms. The van der Waals surface area contributed by atoms with E-state index in [1.807, 2.05) is 74.5 Å². The molecule has 0 atom stereocenters. The van der Waals surface area contributed by atoms with Crippen molar-refractivity contribution >= 4 is 10.9 Å². The van der Waals surface area contributed by atoms with Gasteiger partial charge >= 0.3 is 0 Å². The minimum Gasteiger partial charge on any atom is -0.490 e. The van der Waals surface area contributed by atoms with E-state index < -0.39 is 0 Å². The van der Waals surface area contributed by atoms with Gasteiger partial charge in [0.05, 0.1) is 24.1 Å². The van der Waals surface area contributed by atoms with E-state index in [1.54, 1.807) is 6.07 Å². The molecule has 0 saturated carbocycles. The molecule has 0 aliphatic heterocycles. The molecule has 3 aromatic carbocycles. The number of hydrogen-bond donors (Lipinski definition) is 1. The van der Waals surface area contributed by atoms with Crippen molar-refractivity contribution in [3.05, 3.63) is 82.6 Å². The van der Waals surface area contributed by atoms with Crippen molar-refractivity contribution in [1.29, 1.82) is 0 Å². The predicted octanol–water partition coefficient (Wildman–Crippen LogP) is 4.97. The number of nitrogens with zero attached hydrogens (tertiary/aromatic N) is 1. The summed E-state index contributed by atoms with van der Waals surface area (Å²) in [6.45, 7) is 5.39. The first-order valence-electron chi connectivity index (χ1n) is 10.3. The highest BCUT2D eigenvalue weighted by molar-refractivity contribution is 5.79. The maximum absolute atomic E-state index is 12.4. The highest BCUT2D eigenvalue weighted by atomic mass is 16.5. The Balaban J connectivity index is 1.55. The van der Waals surface area contributed by atoms with Gasteiger partial charge in [-0.2, -0.15) is 0 Å². The predicted molar refractivity (Wildman–Crippen MR) is 121 cm³/mol. The van der Waals surface area contributed by atoms with Gasteiger partial charge in [-0.1, -0.05) is 30.3 Å². The third-order valence-electron chi connectivity index (χ3n) is 4.73. The third-order valence-corrected chi connectivity index (χ3v) is 4.73. The highest BCUT2D eigenvalue weighted by Gasteiger charge is 2.09. The van der Waals surface area contributed by atoms with E-state index in [9.17, 15) is 4.79 Å². The molecule has 1 N–H and O–H groups in total. The number of aromatic amines is 1. The Labute approximate surface area is 180 Å². The fraction of sp³-hybridized carbons (Fsp3) is 0.200. The molecule has 0 bridgehead atoms. The van der Waals surface area contributed by atoms with Gasteiger partial charge in [0.2, 0.25) is 0 Å². The Morgan fingerprint density at radius 1 is 0.839 bits per heavy atom. The van der Waals surface area contributed by atoms with Crippen LogP contribution in [-0.4, -0.2) is 23.2 Å². The zero-order valence-corrected chi connectivity index (χ0v) is 17.6. The zero-order chi connectivity index (χ0) is 21.6. The third kappa shape index (κ3) is 4.69. The molecule has 31 heavy (non-hydrogen) atoms. The van der Waals surface area contributed by atoms with Crippen LogP contribution >= 0.6 is 0 Å². The second kappa shape index (κ2) is 9.34. The van der Waals surface area contributed by atoms with Gasteiger partial charge < -0.3 is 19.2 Å². The minimum atomic E-state index is -0.162. The number of hydrogen-bond acceptors (Lipinski definition) is 5. The van der Waals surface area contributed by atoms with E-state index in [0.717, 1.165) is 16.9 Å². The number of benzene rings is 3. The highest BCUT2D eigenvalue weighted by Crippen LogP contribution is 2.29. The van der Waals surface area contributed by atoms with Gasteiger partial charge in [-0.05, 0) is 55.8 Å². The molecule has 0 unspecified atom stereocenters. The normalized spacial score (nSPS) is 10.8. The number of nitrogens with one attached hydrogen (secondary N) is 1. The second-order valence-electron chi connectivity index (χ2n) is 6.90. The van der Waals surface area contributed by atoms with Gasteiger partial charge in [-0.15, -0.1) is 0 Å². The number of ether oxygens (including phenoxy) is 3. The second-order valence-corrected chi connectivity index (χ2v) is 6.90. The molecule has 0 aliphatic carbocycles. The van der Waals surface area contributed by atoms with E-state index in [4.69, 9.17) is 14.2 Å². The summed E-state index contributed by atoms with van der Waals surface area (Å²) in [5, 5.41) is 0.569. The Morgan fingerprint density at radius 2 is 1.65 bits per heavy atom. The molecule has 6 heteroatoms. The summed E-state index contributed by atoms with van der Waals surface area (Å²) in [5.41, 5.74) is 2.24. The molecule has 0 aliphatic rings. The lowest BCUT2D eigenvalue weighted by Gasteiger charge is -2.13. The average Bonchev–Trinajstić information content (AvgIpc) is 2.80. The largest absolute Gasteiger partial charge is 0.490 e. The van der Waals surface area contributed by atoms with Crippen LogP contribution in [0.25, 0.3) is 22.3 Å². The van der Waals surface area contributed by atoms with Crippen molar-refractivity contribution in [2.24, 2.45) is 0 Å². The fourth-order valence-electron chi connectivity index (χ4n) is 3.31. The Bertz CT molecular complexity index is 1250. The van der Waals surface area contributed by atoms with Crippen LogP contribution in [0.3, 0.4) is 0 Å². The van der Waals surface area contributed by atoms with Crippen LogP contribution in [0, 0.1) is 0 Å². The summed E-state index contributed by atoms with van der Waals surface area (Å²) >= 11 is 0. The lowest BCUT2D eigenvalue weighted by Crippen LogP contribution is -2.09. The molecule has 0 saturated heterocycles. The summed E-state index contributed by atoms with van der Waals surface area (Å²) in [7, 11) is 0. The van der Waals surface area contributed by atoms with Crippen molar-refractivity contribution in [3.8, 4) is 28.6 Å². The van der Waals surface area contributed by atoms with Gasteiger partial charge in [-0.3, -0.25) is 4.79 Å². The van der Waals surface area contributed by atoms with Gasteiger partial charge in [0.15, 0.2) is 11.5 Å². The van der Waals surface area contributed by atoms with E-state index >= 15 is 0 Å². The van der Waals surface area contributed by atoms with Crippen molar-refractivity contribution in [2.45, 2.75) is 20.5 Å². The van der Waals surface area contributed by atoms with Gasteiger partial charge in [0.25, 0.3) is 5.56 Å². The van der Waals surface area contributed by atoms with Crippen LogP contribution in [-0.2, 0) is 6.61 Å². The molecule has 0 fully saturated rings. The van der Waals surface area contributed by atoms with Crippen LogP contribution in [0.1, 0.15) is 19.4 Å². The van der Waals surface area contributed by atoms with Crippen LogP contribution in [0.15, 0.2) is 71.5 Å². The lowest BCUT2D eigenvalue weighted by atomic mass is 10.1. The lowest BCUT2D eigenvalue weighted by molar-refractivity contribution is 0.283. The number of H-pyrrole nitrogens is 1. The Kier molecular flexibility index (Phi) is 6.17. The minimum absolute atomic E-state index is 0.162. The summed E-state index contributed by atoms with van der Waals surface area (Å²) in [6.07, 6.45) is 0. The smallest absolute Gasteiger partial charge is 0.259 e. The number of rotatable bonds is 8. The summed E-state index contributed by atoms with van der Waals surface area (Å²) in [4.78, 5) is 19.8. The first kappa shape index (κ1) is 20.5. The molecular formula is C25H24N2O4. The average molecular weight is 416 g/mol. The Morgan fingerprint density at radius 3 is 2.48 bits per heavy atom. The fourth-order valence-corrected chi connectivity index (χ4v) is 3.31. The molecule has 0 radical (unpaired) electrons. The Hall–Kier alpha value is -3.80. The quantitative estimate of drug-likeness (QED) is 0.439. The first-order chi connectivity index (χ1) is 15.2. The molecule has 1 aromatic heterocycles. The van der Waals surface area contributed by atoms with Gasteiger partial charge in [-0.25, -0.2) is 4.98 Å². The van der Waals surface area contributed by atoms with Crippen LogP contribution < -0.4 is 19.8 Å². The van der Waals surface area contributed by atoms with Crippen LogP contribution in [0.4, 0.5) is 0 Å². The maximum atomic E-state index is 12.4. The summed E-state index contributed by atoms with van der Waals surface area (Å²) in [5.74, 6) is 2.62. The van der Waals surface area contributed by atoms with Gasteiger partial charge in [0.1, 0.15) is 18.2 Å². The molecule has 4 rings (SSSR count). The standard InChI is InChI=1S/C25H24N2O4/c1-3-29-22-13-12-17(14-23(22)30-4-2)16-31-19-9-7-8-18(15-19)24-26-21-11-6-5-10-20(21)25(28)27-24/h5-15H,3-4,16H2,1-2H3,(H,26,27,28). The van der Waals surface area contributed by atoms with Crippen LogP contribution in [0.2, 0.25) is 0 Å². The van der Waals surface area contributed by atoms with Gasteiger partial charge in [0, 0.05) is 5.56 Å². The van der Waals surface area contributed by atoms with E-state index in [-0.39, 0.29) is 5.56 Å². The van der Waals surface area contributed by atoms with E-state index in [0.29, 0.717) is 48.0 Å². The number of fused-ring (bicyclic) bond motifs is 1. The summed E-state index contributed by atoms with van der Waals surface area (Å²) in [6, 6.07) is 20.6. The molecule has 6 nitrogen and oxygen atoms in total. The van der Waals surface area contributed by atoms with Crippen molar-refractivity contribution in [2.75, 3.05) is 13.2 Å². The zero-order valence-electron chi connectivity index (χ0n) is 17.6. The molecule has 0 amide bonds. The number of aromatic nitrogens is 2. The van der Waals surface area contributed by atoms with Crippen molar-refractivity contribution in [1.82, 2.24) is 9.97 Å². The van der Waals surface area contributed by atoms with E-state index in [1.165, 1.54) is 0 Å². The maximum Gasteiger partial charge on any atom is 0.259 e. The topological polar surface area (TPSA) is 73.4 Å². The molecule has 1 heterocycles. The SMILES string of the molecule is CCOc1ccc(COc2cccc(-c3nc4ccccc4c(=O)[nH]3)c2)cc1OCC.